The minimum absolute atomic E-state index is 0.0169. The minimum atomic E-state index is 0.0169. The Labute approximate surface area is 186 Å². The zero-order chi connectivity index (χ0) is 21.6. The number of aromatic nitrogens is 2. The van der Waals surface area contributed by atoms with Crippen LogP contribution in [0.15, 0.2) is 42.5 Å². The van der Waals surface area contributed by atoms with E-state index in [2.05, 4.69) is 47.1 Å². The maximum atomic E-state index is 12.5. The summed E-state index contributed by atoms with van der Waals surface area (Å²) in [6.45, 7) is 5.76. The largest absolute Gasteiger partial charge is 0.352 e. The van der Waals surface area contributed by atoms with E-state index in [4.69, 9.17) is 4.98 Å². The second-order valence-electron chi connectivity index (χ2n) is 9.14. The van der Waals surface area contributed by atoms with Crippen LogP contribution in [0, 0.1) is 19.8 Å². The summed E-state index contributed by atoms with van der Waals surface area (Å²) in [4.78, 5) is 17.5. The number of carbonyl (C=O) groups excluding carboxylic acids is 1. The fourth-order valence-corrected chi connectivity index (χ4v) is 4.97. The van der Waals surface area contributed by atoms with Crippen molar-refractivity contribution in [3.63, 3.8) is 0 Å². The Bertz CT molecular complexity index is 1030. The van der Waals surface area contributed by atoms with Gasteiger partial charge in [0.1, 0.15) is 5.82 Å². The zero-order valence-corrected chi connectivity index (χ0v) is 19.0. The molecule has 1 aliphatic carbocycles. The summed E-state index contributed by atoms with van der Waals surface area (Å²) in [5.74, 6) is 2.03. The first-order valence-corrected chi connectivity index (χ1v) is 11.9. The van der Waals surface area contributed by atoms with E-state index in [1.54, 1.807) is 0 Å². The maximum Gasteiger partial charge on any atom is 0.251 e. The number of imidazole rings is 1. The monoisotopic (exact) mass is 417 g/mol. The molecule has 0 atom stereocenters. The number of rotatable bonds is 8. The van der Waals surface area contributed by atoms with Gasteiger partial charge >= 0.3 is 0 Å². The Morgan fingerprint density at radius 3 is 2.71 bits per heavy atom. The van der Waals surface area contributed by atoms with E-state index in [1.165, 1.54) is 49.6 Å². The van der Waals surface area contributed by atoms with Gasteiger partial charge in [0, 0.05) is 25.1 Å². The van der Waals surface area contributed by atoms with Crippen molar-refractivity contribution < 1.29 is 4.79 Å². The van der Waals surface area contributed by atoms with Crippen molar-refractivity contribution in [1.82, 2.24) is 14.9 Å². The lowest BCUT2D eigenvalue weighted by atomic mass is 9.87. The van der Waals surface area contributed by atoms with E-state index in [1.807, 2.05) is 19.1 Å². The SMILES string of the molecule is Cc1ccc(C(=O)NCCCc2nc3ccccc3n2CCC2CCCCC2)c(C)c1. The van der Waals surface area contributed by atoms with Crippen molar-refractivity contribution in [2.45, 2.75) is 71.8 Å². The number of aryl methyl sites for hydroxylation is 4. The second-order valence-corrected chi connectivity index (χ2v) is 9.14. The summed E-state index contributed by atoms with van der Waals surface area (Å²) < 4.78 is 2.43. The van der Waals surface area contributed by atoms with Gasteiger partial charge < -0.3 is 9.88 Å². The number of nitrogens with one attached hydrogen (secondary N) is 1. The lowest BCUT2D eigenvalue weighted by molar-refractivity contribution is 0.0952. The number of hydrogen-bond acceptors (Lipinski definition) is 2. The van der Waals surface area contributed by atoms with Gasteiger partial charge in [0.15, 0.2) is 0 Å². The summed E-state index contributed by atoms with van der Waals surface area (Å²) >= 11 is 0. The Kier molecular flexibility index (Phi) is 7.06. The van der Waals surface area contributed by atoms with Crippen LogP contribution in [0.1, 0.15) is 72.3 Å². The quantitative estimate of drug-likeness (QED) is 0.458. The first kappa shape index (κ1) is 21.6. The van der Waals surface area contributed by atoms with E-state index < -0.39 is 0 Å². The third-order valence-electron chi connectivity index (χ3n) is 6.71. The number of amides is 1. The lowest BCUT2D eigenvalue weighted by Crippen LogP contribution is -2.25. The molecule has 31 heavy (non-hydrogen) atoms. The van der Waals surface area contributed by atoms with Crippen molar-refractivity contribution in [3.8, 4) is 0 Å². The minimum Gasteiger partial charge on any atom is -0.352 e. The van der Waals surface area contributed by atoms with Gasteiger partial charge in [-0.2, -0.15) is 0 Å². The van der Waals surface area contributed by atoms with E-state index >= 15 is 0 Å². The highest BCUT2D eigenvalue weighted by atomic mass is 16.1. The van der Waals surface area contributed by atoms with Crippen LogP contribution in [-0.2, 0) is 13.0 Å². The highest BCUT2D eigenvalue weighted by molar-refractivity contribution is 5.95. The molecule has 4 rings (SSSR count). The van der Waals surface area contributed by atoms with E-state index in [-0.39, 0.29) is 5.91 Å². The molecule has 1 saturated carbocycles. The smallest absolute Gasteiger partial charge is 0.251 e. The number of hydrogen-bond donors (Lipinski definition) is 1. The van der Waals surface area contributed by atoms with Gasteiger partial charge in [-0.15, -0.1) is 0 Å². The number of para-hydroxylation sites is 2. The van der Waals surface area contributed by atoms with E-state index in [0.717, 1.165) is 47.8 Å². The van der Waals surface area contributed by atoms with Crippen LogP contribution in [0.2, 0.25) is 0 Å². The molecule has 0 radical (unpaired) electrons. The summed E-state index contributed by atoms with van der Waals surface area (Å²) in [5.41, 5.74) is 5.31. The number of fused-ring (bicyclic) bond motifs is 1. The van der Waals surface area contributed by atoms with Crippen molar-refractivity contribution in [2.24, 2.45) is 5.92 Å². The third-order valence-corrected chi connectivity index (χ3v) is 6.71. The van der Waals surface area contributed by atoms with Gasteiger partial charge in [-0.1, -0.05) is 61.9 Å². The fraction of sp³-hybridized carbons (Fsp3) is 0.481. The average Bonchev–Trinajstić information content (AvgIpc) is 3.13. The van der Waals surface area contributed by atoms with Crippen molar-refractivity contribution >= 4 is 16.9 Å². The van der Waals surface area contributed by atoms with Crippen LogP contribution in [0.25, 0.3) is 11.0 Å². The molecule has 1 aromatic heterocycles. The molecule has 0 spiro atoms. The van der Waals surface area contributed by atoms with Gasteiger partial charge in [-0.05, 0) is 56.4 Å². The molecule has 1 N–H and O–H groups in total. The zero-order valence-electron chi connectivity index (χ0n) is 19.0. The van der Waals surface area contributed by atoms with Gasteiger partial charge in [-0.3, -0.25) is 4.79 Å². The standard InChI is InChI=1S/C27H35N3O/c1-20-14-15-23(21(2)19-20)27(31)28-17-8-13-26-29-24-11-6-7-12-25(24)30(26)18-16-22-9-4-3-5-10-22/h6-7,11-12,14-15,19,22H,3-5,8-10,13,16-18H2,1-2H3,(H,28,31). The van der Waals surface area contributed by atoms with Crippen LogP contribution >= 0.6 is 0 Å². The lowest BCUT2D eigenvalue weighted by Gasteiger charge is -2.22. The number of carbonyl (C=O) groups is 1. The van der Waals surface area contributed by atoms with Gasteiger partial charge in [0.2, 0.25) is 0 Å². The van der Waals surface area contributed by atoms with Crippen molar-refractivity contribution in [1.29, 1.82) is 0 Å². The molecule has 0 unspecified atom stereocenters. The normalized spacial score (nSPS) is 14.8. The van der Waals surface area contributed by atoms with Gasteiger partial charge in [0.05, 0.1) is 11.0 Å². The van der Waals surface area contributed by atoms with Gasteiger partial charge in [0.25, 0.3) is 5.91 Å². The summed E-state index contributed by atoms with van der Waals surface area (Å²) in [6.07, 6.45) is 9.97. The summed E-state index contributed by atoms with van der Waals surface area (Å²) in [6, 6.07) is 14.4. The molecule has 2 aromatic carbocycles. The van der Waals surface area contributed by atoms with E-state index in [0.29, 0.717) is 6.54 Å². The summed E-state index contributed by atoms with van der Waals surface area (Å²) in [5, 5.41) is 3.09. The molecule has 1 heterocycles. The van der Waals surface area contributed by atoms with Crippen LogP contribution in [-0.4, -0.2) is 22.0 Å². The first-order valence-electron chi connectivity index (χ1n) is 11.9. The van der Waals surface area contributed by atoms with E-state index in [9.17, 15) is 4.79 Å². The molecule has 4 nitrogen and oxygen atoms in total. The van der Waals surface area contributed by atoms with Crippen molar-refractivity contribution in [2.75, 3.05) is 6.54 Å². The Morgan fingerprint density at radius 1 is 1.10 bits per heavy atom. The molecular weight excluding hydrogens is 382 g/mol. The molecule has 4 heteroatoms. The van der Waals surface area contributed by atoms with Gasteiger partial charge in [-0.25, -0.2) is 4.98 Å². The number of nitrogens with zero attached hydrogens (tertiary/aromatic N) is 2. The maximum absolute atomic E-state index is 12.5. The van der Waals surface area contributed by atoms with Crippen molar-refractivity contribution in [3.05, 3.63) is 65.0 Å². The molecule has 0 saturated heterocycles. The summed E-state index contributed by atoms with van der Waals surface area (Å²) in [7, 11) is 0. The Balaban J connectivity index is 1.36. The Hall–Kier alpha value is -2.62. The molecule has 0 bridgehead atoms. The third kappa shape index (κ3) is 5.36. The number of benzene rings is 2. The molecule has 3 aromatic rings. The van der Waals surface area contributed by atoms with Crippen LogP contribution in [0.5, 0.6) is 0 Å². The highest BCUT2D eigenvalue weighted by Gasteiger charge is 2.16. The molecule has 1 aliphatic rings. The molecule has 1 amide bonds. The first-order chi connectivity index (χ1) is 15.1. The highest BCUT2D eigenvalue weighted by Crippen LogP contribution is 2.28. The molecule has 0 aliphatic heterocycles. The second kappa shape index (κ2) is 10.1. The van der Waals surface area contributed by atoms with Crippen LogP contribution in [0.4, 0.5) is 0 Å². The molecule has 1 fully saturated rings. The predicted molar refractivity (Wildman–Crippen MR) is 127 cm³/mol. The topological polar surface area (TPSA) is 46.9 Å². The Morgan fingerprint density at radius 2 is 1.90 bits per heavy atom. The predicted octanol–water partition coefficient (Wildman–Crippen LogP) is 5.99. The molecular formula is C27H35N3O. The van der Waals surface area contributed by atoms with Crippen LogP contribution < -0.4 is 5.32 Å². The fourth-order valence-electron chi connectivity index (χ4n) is 4.97. The van der Waals surface area contributed by atoms with Crippen LogP contribution in [0.3, 0.4) is 0 Å². The average molecular weight is 418 g/mol. The molecule has 164 valence electrons.